The lowest BCUT2D eigenvalue weighted by molar-refractivity contribution is 0.152. The van der Waals surface area contributed by atoms with E-state index in [-0.39, 0.29) is 23.2 Å². The van der Waals surface area contributed by atoms with Crippen LogP contribution in [0.3, 0.4) is 0 Å². The first-order valence-electron chi connectivity index (χ1n) is 7.30. The number of nitrogens with two attached hydrogens (primary N) is 1. The largest absolute Gasteiger partial charge is 0.327 e. The fraction of sp³-hybridized carbons (Fsp3) is 0.647. The van der Waals surface area contributed by atoms with Crippen LogP contribution in [0.4, 0.5) is 4.39 Å². The molecule has 0 spiro atoms. The van der Waals surface area contributed by atoms with Crippen LogP contribution in [0.5, 0.6) is 0 Å². The lowest BCUT2D eigenvalue weighted by atomic mass is 9.66. The fourth-order valence-corrected chi connectivity index (χ4v) is 3.29. The van der Waals surface area contributed by atoms with Gasteiger partial charge in [0.15, 0.2) is 0 Å². The van der Waals surface area contributed by atoms with Crippen LogP contribution in [-0.2, 0) is 0 Å². The van der Waals surface area contributed by atoms with Crippen molar-refractivity contribution in [1.82, 2.24) is 0 Å². The summed E-state index contributed by atoms with van der Waals surface area (Å²) in [6.45, 7) is 8.84. The van der Waals surface area contributed by atoms with Gasteiger partial charge in [0.2, 0.25) is 0 Å². The van der Waals surface area contributed by atoms with E-state index < -0.39 is 0 Å². The summed E-state index contributed by atoms with van der Waals surface area (Å²) >= 11 is 0. The predicted octanol–water partition coefficient (Wildman–Crippen LogP) is 4.39. The van der Waals surface area contributed by atoms with Crippen molar-refractivity contribution < 1.29 is 4.39 Å². The molecule has 1 nitrogen and oxygen atoms in total. The minimum absolute atomic E-state index is 0.0925. The van der Waals surface area contributed by atoms with Crippen molar-refractivity contribution in [2.75, 3.05) is 0 Å². The maximum atomic E-state index is 14.1. The van der Waals surface area contributed by atoms with E-state index in [1.54, 1.807) is 6.07 Å². The molecule has 3 unspecified atom stereocenters. The highest BCUT2D eigenvalue weighted by Crippen LogP contribution is 2.44. The number of hydrogen-bond donors (Lipinski definition) is 1. The fourth-order valence-electron chi connectivity index (χ4n) is 3.29. The molecule has 0 bridgehead atoms. The second kappa shape index (κ2) is 5.24. The molecule has 106 valence electrons. The second-order valence-electron chi connectivity index (χ2n) is 7.17. The van der Waals surface area contributed by atoms with Gasteiger partial charge in [0.1, 0.15) is 5.82 Å². The molecule has 1 aromatic rings. The Bertz CT molecular complexity index is 447. The minimum atomic E-state index is -0.0967. The molecule has 1 aliphatic rings. The summed E-state index contributed by atoms with van der Waals surface area (Å²) in [5, 5.41) is 0. The van der Waals surface area contributed by atoms with Gasteiger partial charge in [-0.05, 0) is 49.1 Å². The SMILES string of the molecule is Cc1ccc(F)c(C2CC(C(C)(C)C)CCC2N)c1. The van der Waals surface area contributed by atoms with Gasteiger partial charge < -0.3 is 5.73 Å². The Kier molecular flexibility index (Phi) is 4.00. The molecule has 1 aliphatic carbocycles. The maximum Gasteiger partial charge on any atom is 0.126 e. The summed E-state index contributed by atoms with van der Waals surface area (Å²) in [4.78, 5) is 0. The van der Waals surface area contributed by atoms with Gasteiger partial charge in [0, 0.05) is 12.0 Å². The van der Waals surface area contributed by atoms with Gasteiger partial charge in [0.25, 0.3) is 0 Å². The molecule has 0 heterocycles. The number of benzene rings is 1. The molecule has 2 rings (SSSR count). The first-order valence-corrected chi connectivity index (χ1v) is 7.30. The molecule has 0 saturated heterocycles. The van der Waals surface area contributed by atoms with Crippen LogP contribution >= 0.6 is 0 Å². The van der Waals surface area contributed by atoms with E-state index in [4.69, 9.17) is 5.73 Å². The van der Waals surface area contributed by atoms with Gasteiger partial charge in [-0.1, -0.05) is 38.5 Å². The van der Waals surface area contributed by atoms with Gasteiger partial charge >= 0.3 is 0 Å². The molecule has 1 aromatic carbocycles. The molecule has 1 saturated carbocycles. The first kappa shape index (κ1) is 14.5. The zero-order valence-corrected chi connectivity index (χ0v) is 12.5. The van der Waals surface area contributed by atoms with Crippen molar-refractivity contribution in [3.63, 3.8) is 0 Å². The highest BCUT2D eigenvalue weighted by Gasteiger charge is 2.36. The van der Waals surface area contributed by atoms with Crippen molar-refractivity contribution in [2.45, 2.75) is 58.9 Å². The van der Waals surface area contributed by atoms with Crippen molar-refractivity contribution in [2.24, 2.45) is 17.1 Å². The Hall–Kier alpha value is -0.890. The van der Waals surface area contributed by atoms with Crippen LogP contribution < -0.4 is 5.73 Å². The monoisotopic (exact) mass is 263 g/mol. The molecule has 0 radical (unpaired) electrons. The van der Waals surface area contributed by atoms with Crippen LogP contribution in [0.25, 0.3) is 0 Å². The van der Waals surface area contributed by atoms with Crippen molar-refractivity contribution >= 4 is 0 Å². The van der Waals surface area contributed by atoms with Crippen LogP contribution in [0, 0.1) is 24.1 Å². The highest BCUT2D eigenvalue weighted by atomic mass is 19.1. The number of hydrogen-bond acceptors (Lipinski definition) is 1. The van der Waals surface area contributed by atoms with Crippen LogP contribution in [-0.4, -0.2) is 6.04 Å². The van der Waals surface area contributed by atoms with Crippen LogP contribution in [0.1, 0.15) is 57.1 Å². The molecule has 0 aliphatic heterocycles. The molecule has 2 N–H and O–H groups in total. The Balaban J connectivity index is 2.28. The standard InChI is InChI=1S/C17H26FN/c1-11-5-7-15(18)13(9-11)14-10-12(17(2,3)4)6-8-16(14)19/h5,7,9,12,14,16H,6,8,10,19H2,1-4H3. The van der Waals surface area contributed by atoms with Crippen LogP contribution in [0.15, 0.2) is 18.2 Å². The van der Waals surface area contributed by atoms with E-state index in [1.165, 1.54) is 0 Å². The van der Waals surface area contributed by atoms with E-state index in [2.05, 4.69) is 20.8 Å². The molecule has 3 atom stereocenters. The molecule has 0 amide bonds. The predicted molar refractivity (Wildman–Crippen MR) is 78.6 cm³/mol. The van der Waals surface area contributed by atoms with Gasteiger partial charge in [-0.25, -0.2) is 4.39 Å². The number of halogens is 1. The van der Waals surface area contributed by atoms with E-state index in [9.17, 15) is 4.39 Å². The van der Waals surface area contributed by atoms with Crippen molar-refractivity contribution in [3.8, 4) is 0 Å². The summed E-state index contributed by atoms with van der Waals surface area (Å²) in [7, 11) is 0. The number of rotatable bonds is 1. The Labute approximate surface area is 116 Å². The zero-order valence-electron chi connectivity index (χ0n) is 12.5. The van der Waals surface area contributed by atoms with Gasteiger partial charge in [-0.15, -0.1) is 0 Å². The third-order valence-corrected chi connectivity index (χ3v) is 4.68. The quantitative estimate of drug-likeness (QED) is 0.799. The van der Waals surface area contributed by atoms with Gasteiger partial charge in [-0.2, -0.15) is 0 Å². The second-order valence-corrected chi connectivity index (χ2v) is 7.17. The Morgan fingerprint density at radius 2 is 1.89 bits per heavy atom. The lowest BCUT2D eigenvalue weighted by Crippen LogP contribution is -2.38. The van der Waals surface area contributed by atoms with Gasteiger partial charge in [-0.3, -0.25) is 0 Å². The minimum Gasteiger partial charge on any atom is -0.327 e. The van der Waals surface area contributed by atoms with Crippen molar-refractivity contribution in [3.05, 3.63) is 35.1 Å². The molecule has 2 heteroatoms. The molecule has 19 heavy (non-hydrogen) atoms. The smallest absolute Gasteiger partial charge is 0.126 e. The van der Waals surface area contributed by atoms with Crippen LogP contribution in [0.2, 0.25) is 0 Å². The third-order valence-electron chi connectivity index (χ3n) is 4.68. The van der Waals surface area contributed by atoms with E-state index >= 15 is 0 Å². The van der Waals surface area contributed by atoms with E-state index in [1.807, 2.05) is 19.1 Å². The van der Waals surface area contributed by atoms with E-state index in [0.717, 1.165) is 30.4 Å². The van der Waals surface area contributed by atoms with E-state index in [0.29, 0.717) is 5.92 Å². The molecule has 0 aromatic heterocycles. The first-order chi connectivity index (χ1) is 8.79. The summed E-state index contributed by atoms with van der Waals surface area (Å²) in [5.74, 6) is 0.690. The topological polar surface area (TPSA) is 26.0 Å². The lowest BCUT2D eigenvalue weighted by Gasteiger charge is -2.41. The summed E-state index contributed by atoms with van der Waals surface area (Å²) in [6.07, 6.45) is 3.17. The average Bonchev–Trinajstić information content (AvgIpc) is 2.32. The maximum absolute atomic E-state index is 14.1. The average molecular weight is 263 g/mol. The Morgan fingerprint density at radius 1 is 1.21 bits per heavy atom. The third kappa shape index (κ3) is 3.17. The number of aryl methyl sites for hydroxylation is 1. The molecular weight excluding hydrogens is 237 g/mol. The Morgan fingerprint density at radius 3 is 2.53 bits per heavy atom. The summed E-state index contributed by atoms with van der Waals surface area (Å²) in [6, 6.07) is 5.48. The normalized spacial score (nSPS) is 28.4. The van der Waals surface area contributed by atoms with Crippen molar-refractivity contribution in [1.29, 1.82) is 0 Å². The molecule has 1 fully saturated rings. The summed E-state index contributed by atoms with van der Waals surface area (Å²) in [5.41, 5.74) is 8.48. The summed E-state index contributed by atoms with van der Waals surface area (Å²) < 4.78 is 14.1. The highest BCUT2D eigenvalue weighted by molar-refractivity contribution is 5.29. The van der Waals surface area contributed by atoms with Gasteiger partial charge in [0.05, 0.1) is 0 Å². The molecular formula is C17H26FN. The zero-order chi connectivity index (χ0) is 14.2.